The quantitative estimate of drug-likeness (QED) is 0.440. The number of hydrogen-bond donors (Lipinski definition) is 0. The minimum absolute atomic E-state index is 0.795. The number of benzene rings is 3. The predicted octanol–water partition coefficient (Wildman–Crippen LogP) is 5.82. The molecule has 0 spiro atoms. The van der Waals surface area contributed by atoms with Crippen LogP contribution in [0.2, 0.25) is 0 Å². The van der Waals surface area contributed by atoms with E-state index >= 15 is 0 Å². The molecule has 4 rings (SSSR count). The summed E-state index contributed by atoms with van der Waals surface area (Å²) in [6, 6.07) is 25.3. The Hall–Kier alpha value is -2.39. The van der Waals surface area contributed by atoms with Crippen LogP contribution in [0.1, 0.15) is 11.1 Å². The summed E-state index contributed by atoms with van der Waals surface area (Å²) in [4.78, 5) is 4.88. The molecule has 0 aliphatic carbocycles. The number of aromatic nitrogens is 2. The van der Waals surface area contributed by atoms with Crippen molar-refractivity contribution >= 4 is 27.0 Å². The Labute approximate surface area is 149 Å². The van der Waals surface area contributed by atoms with Crippen LogP contribution in [0.5, 0.6) is 0 Å². The fourth-order valence-electron chi connectivity index (χ4n) is 2.98. The van der Waals surface area contributed by atoms with Gasteiger partial charge in [0.05, 0.1) is 11.0 Å². The van der Waals surface area contributed by atoms with Gasteiger partial charge in [0.1, 0.15) is 5.82 Å². The Kier molecular flexibility index (Phi) is 3.95. The molecule has 4 aromatic rings. The first-order valence-corrected chi connectivity index (χ1v) is 8.77. The zero-order valence-electron chi connectivity index (χ0n) is 13.4. The molecule has 2 nitrogen and oxygen atoms in total. The maximum Gasteiger partial charge on any atom is 0.141 e. The first kappa shape index (κ1) is 15.2. The summed E-state index contributed by atoms with van der Waals surface area (Å²) in [5.41, 5.74) is 5.84. The number of aryl methyl sites for hydroxylation is 1. The summed E-state index contributed by atoms with van der Waals surface area (Å²) in [6.45, 7) is 2.90. The predicted molar refractivity (Wildman–Crippen MR) is 103 cm³/mol. The van der Waals surface area contributed by atoms with Gasteiger partial charge in [0.2, 0.25) is 0 Å². The lowest BCUT2D eigenvalue weighted by Gasteiger charge is -2.10. The van der Waals surface area contributed by atoms with Crippen LogP contribution in [-0.2, 0) is 6.54 Å². The van der Waals surface area contributed by atoms with Gasteiger partial charge in [-0.2, -0.15) is 0 Å². The summed E-state index contributed by atoms with van der Waals surface area (Å²) in [5, 5.41) is 0. The van der Waals surface area contributed by atoms with E-state index in [0.29, 0.717) is 0 Å². The SMILES string of the molecule is Cc1ccc(-c2nc3ccccc3n2Cc2cccc(Br)c2)cc1. The Morgan fingerprint density at radius 3 is 2.50 bits per heavy atom. The summed E-state index contributed by atoms with van der Waals surface area (Å²) in [7, 11) is 0. The topological polar surface area (TPSA) is 17.8 Å². The minimum Gasteiger partial charge on any atom is -0.319 e. The van der Waals surface area contributed by atoms with Gasteiger partial charge in [-0.25, -0.2) is 4.98 Å². The number of imidazole rings is 1. The van der Waals surface area contributed by atoms with E-state index in [1.807, 2.05) is 6.07 Å². The van der Waals surface area contributed by atoms with E-state index in [4.69, 9.17) is 4.98 Å². The van der Waals surface area contributed by atoms with Gasteiger partial charge >= 0.3 is 0 Å². The van der Waals surface area contributed by atoms with Crippen LogP contribution in [0.3, 0.4) is 0 Å². The van der Waals surface area contributed by atoms with Crippen molar-refractivity contribution in [2.24, 2.45) is 0 Å². The average Bonchev–Trinajstić information content (AvgIpc) is 2.94. The molecule has 0 N–H and O–H groups in total. The van der Waals surface area contributed by atoms with E-state index in [1.165, 1.54) is 11.1 Å². The monoisotopic (exact) mass is 376 g/mol. The fourth-order valence-corrected chi connectivity index (χ4v) is 3.42. The Balaban J connectivity index is 1.88. The van der Waals surface area contributed by atoms with Crippen LogP contribution < -0.4 is 0 Å². The molecule has 3 heteroatoms. The van der Waals surface area contributed by atoms with E-state index in [1.54, 1.807) is 0 Å². The van der Waals surface area contributed by atoms with Crippen LogP contribution in [0, 0.1) is 6.92 Å². The second-order valence-electron chi connectivity index (χ2n) is 6.01. The van der Waals surface area contributed by atoms with Gasteiger partial charge in [-0.05, 0) is 36.8 Å². The highest BCUT2D eigenvalue weighted by molar-refractivity contribution is 9.10. The van der Waals surface area contributed by atoms with Crippen molar-refractivity contribution in [3.63, 3.8) is 0 Å². The van der Waals surface area contributed by atoms with Crippen molar-refractivity contribution in [3.05, 3.63) is 88.4 Å². The number of rotatable bonds is 3. The molecule has 1 heterocycles. The summed E-state index contributed by atoms with van der Waals surface area (Å²) >= 11 is 3.56. The molecule has 0 aliphatic rings. The summed E-state index contributed by atoms with van der Waals surface area (Å²) in [6.07, 6.45) is 0. The molecule has 0 saturated carbocycles. The smallest absolute Gasteiger partial charge is 0.141 e. The number of para-hydroxylation sites is 2. The van der Waals surface area contributed by atoms with E-state index in [9.17, 15) is 0 Å². The Morgan fingerprint density at radius 2 is 1.71 bits per heavy atom. The number of nitrogens with zero attached hydrogens (tertiary/aromatic N) is 2. The zero-order valence-corrected chi connectivity index (χ0v) is 15.0. The van der Waals surface area contributed by atoms with Crippen molar-refractivity contribution in [1.29, 1.82) is 0 Å². The molecule has 0 aliphatic heterocycles. The Morgan fingerprint density at radius 1 is 0.917 bits per heavy atom. The molecule has 0 unspecified atom stereocenters. The van der Waals surface area contributed by atoms with Crippen LogP contribution in [0.4, 0.5) is 0 Å². The molecular weight excluding hydrogens is 360 g/mol. The second kappa shape index (κ2) is 6.25. The van der Waals surface area contributed by atoms with Crippen molar-refractivity contribution < 1.29 is 0 Å². The average molecular weight is 377 g/mol. The molecule has 0 radical (unpaired) electrons. The molecule has 0 fully saturated rings. The lowest BCUT2D eigenvalue weighted by atomic mass is 10.1. The van der Waals surface area contributed by atoms with Gasteiger partial charge in [-0.15, -0.1) is 0 Å². The second-order valence-corrected chi connectivity index (χ2v) is 6.92. The maximum atomic E-state index is 4.88. The standard InChI is InChI=1S/C21H17BrN2/c1-15-9-11-17(12-10-15)21-23-19-7-2-3-8-20(19)24(21)14-16-5-4-6-18(22)13-16/h2-13H,14H2,1H3. The van der Waals surface area contributed by atoms with Crippen LogP contribution in [0.25, 0.3) is 22.4 Å². The first-order valence-electron chi connectivity index (χ1n) is 7.97. The number of hydrogen-bond acceptors (Lipinski definition) is 1. The summed E-state index contributed by atoms with van der Waals surface area (Å²) in [5.74, 6) is 1.01. The molecule has 118 valence electrons. The van der Waals surface area contributed by atoms with E-state index < -0.39 is 0 Å². The van der Waals surface area contributed by atoms with Gasteiger partial charge in [0.15, 0.2) is 0 Å². The summed E-state index contributed by atoms with van der Waals surface area (Å²) < 4.78 is 3.39. The van der Waals surface area contributed by atoms with Gasteiger partial charge in [0, 0.05) is 16.6 Å². The largest absolute Gasteiger partial charge is 0.319 e. The van der Waals surface area contributed by atoms with E-state index in [0.717, 1.165) is 33.4 Å². The van der Waals surface area contributed by atoms with Gasteiger partial charge in [-0.3, -0.25) is 0 Å². The number of halogens is 1. The van der Waals surface area contributed by atoms with Crippen molar-refractivity contribution in [1.82, 2.24) is 9.55 Å². The van der Waals surface area contributed by atoms with E-state index in [2.05, 4.69) is 94.2 Å². The number of fused-ring (bicyclic) bond motifs is 1. The van der Waals surface area contributed by atoms with Crippen molar-refractivity contribution in [2.75, 3.05) is 0 Å². The lowest BCUT2D eigenvalue weighted by Crippen LogP contribution is -2.02. The van der Waals surface area contributed by atoms with Crippen LogP contribution in [-0.4, -0.2) is 9.55 Å². The zero-order chi connectivity index (χ0) is 16.5. The van der Waals surface area contributed by atoms with Gasteiger partial charge in [-0.1, -0.05) is 70.0 Å². The van der Waals surface area contributed by atoms with Crippen molar-refractivity contribution in [2.45, 2.75) is 13.5 Å². The fraction of sp³-hybridized carbons (Fsp3) is 0.0952. The molecule has 0 amide bonds. The van der Waals surface area contributed by atoms with E-state index in [-0.39, 0.29) is 0 Å². The molecule has 1 aromatic heterocycles. The highest BCUT2D eigenvalue weighted by Gasteiger charge is 2.12. The van der Waals surface area contributed by atoms with Gasteiger partial charge in [0.25, 0.3) is 0 Å². The maximum absolute atomic E-state index is 4.88. The lowest BCUT2D eigenvalue weighted by molar-refractivity contribution is 0.834. The molecule has 24 heavy (non-hydrogen) atoms. The normalized spacial score (nSPS) is 11.1. The molecule has 3 aromatic carbocycles. The van der Waals surface area contributed by atoms with Crippen LogP contribution in [0.15, 0.2) is 77.3 Å². The molecular formula is C21H17BrN2. The third-order valence-electron chi connectivity index (χ3n) is 4.19. The third-order valence-corrected chi connectivity index (χ3v) is 4.69. The molecule has 0 saturated heterocycles. The van der Waals surface area contributed by atoms with Crippen molar-refractivity contribution in [3.8, 4) is 11.4 Å². The minimum atomic E-state index is 0.795. The third kappa shape index (κ3) is 2.87. The molecule has 0 bridgehead atoms. The van der Waals surface area contributed by atoms with Crippen LogP contribution >= 0.6 is 15.9 Å². The Bertz CT molecular complexity index is 1000. The highest BCUT2D eigenvalue weighted by atomic mass is 79.9. The molecule has 0 atom stereocenters. The highest BCUT2D eigenvalue weighted by Crippen LogP contribution is 2.26. The first-order chi connectivity index (χ1) is 11.7. The van der Waals surface area contributed by atoms with Gasteiger partial charge < -0.3 is 4.57 Å².